The van der Waals surface area contributed by atoms with Crippen molar-refractivity contribution in [1.82, 2.24) is 15.3 Å². The number of hydrogen-bond donors (Lipinski definition) is 2. The Morgan fingerprint density at radius 1 is 1.14 bits per heavy atom. The molecule has 2 aromatic heterocycles. The number of rotatable bonds is 8. The molecule has 51 heavy (non-hydrogen) atoms. The van der Waals surface area contributed by atoms with Gasteiger partial charge in [-0.2, -0.15) is 5.10 Å². The largest absolute Gasteiger partial charge is 0.859 e. The summed E-state index contributed by atoms with van der Waals surface area (Å²) in [7, 11) is 4.10. The maximum Gasteiger partial charge on any atom is 0.428 e. The average molecular weight is 725 g/mol. The smallest absolute Gasteiger partial charge is 0.428 e. The minimum absolute atomic E-state index is 0.0419. The van der Waals surface area contributed by atoms with E-state index in [9.17, 15) is 24.3 Å². The van der Waals surface area contributed by atoms with Gasteiger partial charge in [0.05, 0.1) is 36.5 Å². The van der Waals surface area contributed by atoms with E-state index in [2.05, 4.69) is 10.1 Å². The predicted octanol–water partition coefficient (Wildman–Crippen LogP) is 5.41. The Morgan fingerprint density at radius 3 is 2.47 bits per heavy atom. The number of hydrazone groups is 1. The first-order valence-corrected chi connectivity index (χ1v) is 16.4. The number of carbonyl (C=O) groups excluding carboxylic acids is 4. The average Bonchev–Trinajstić information content (AvgIpc) is 3.77. The number of amides is 3. The number of esters is 1. The van der Waals surface area contributed by atoms with Crippen LogP contribution in [0, 0.1) is 6.92 Å². The molecule has 1 atom stereocenters. The van der Waals surface area contributed by atoms with Crippen molar-refractivity contribution >= 4 is 69.1 Å². The number of likely N-dealkylation sites (N-methyl/N-ethyl adjacent to an activating group) is 1. The van der Waals surface area contributed by atoms with E-state index in [1.165, 1.54) is 46.1 Å². The summed E-state index contributed by atoms with van der Waals surface area (Å²) >= 11 is 6.48. The number of ether oxygens (including phenoxy) is 4. The molecule has 0 bridgehead atoms. The third-order valence-electron chi connectivity index (χ3n) is 8.58. The lowest BCUT2D eigenvalue weighted by molar-refractivity contribution is -0.229. The number of nitrogens with one attached hydrogen (secondary N) is 2. The van der Waals surface area contributed by atoms with E-state index in [0.29, 0.717) is 39.0 Å². The first kappa shape index (κ1) is 36.8. The van der Waals surface area contributed by atoms with Crippen LogP contribution in [0.1, 0.15) is 72.7 Å². The Bertz CT molecular complexity index is 2080. The second-order valence-corrected chi connectivity index (χ2v) is 13.8. The molecule has 0 fully saturated rings. The molecule has 0 saturated heterocycles. The zero-order valence-corrected chi connectivity index (χ0v) is 30.4. The second-order valence-electron chi connectivity index (χ2n) is 13.5. The standard InChI is InChI=1S/C35H40ClN5O10/c1-17-25(30(43)48-9)27-26-19(15-36)16-41(29(42)24-13-18-12-20(47-8)10-11-22(18)49-24)21(26)14-23(28(27)37-17)50-33(46)40(7)35(5,6)31(44)38-39-32(45)51-34(2,3)4/h10-14,19,37H,15-16H2,1-9H3,(H,38,44)(H,39,45)/p-1/t19-/m1/s1. The molecule has 1 aliphatic heterocycles. The summed E-state index contributed by atoms with van der Waals surface area (Å²) in [6.45, 7) is 9.57. The normalized spacial score (nSPS) is 14.7. The highest BCUT2D eigenvalue weighted by Crippen LogP contribution is 2.48. The van der Waals surface area contributed by atoms with Crippen LogP contribution in [0.15, 0.2) is 39.9 Å². The first-order valence-electron chi connectivity index (χ1n) is 15.8. The summed E-state index contributed by atoms with van der Waals surface area (Å²) in [5, 5.41) is 17.7. The SMILES string of the molecule is COC(=O)c1c(C)[nH]c2c(OC(=O)N(C)C(C)(C)/C([O-])=N\NC(=O)OC(C)(C)C)cc3c(c12)[C@H](CCl)CN3C(=O)c1cc2cc(OC)ccc2o1. The lowest BCUT2D eigenvalue weighted by Gasteiger charge is -2.38. The van der Waals surface area contributed by atoms with Crippen LogP contribution < -0.4 is 24.9 Å². The number of aromatic nitrogens is 1. The van der Waals surface area contributed by atoms with E-state index in [1.807, 2.05) is 5.43 Å². The summed E-state index contributed by atoms with van der Waals surface area (Å²) in [5.41, 5.74) is 1.86. The van der Waals surface area contributed by atoms with Crippen molar-refractivity contribution < 1.29 is 47.6 Å². The van der Waals surface area contributed by atoms with Crippen molar-refractivity contribution in [1.29, 1.82) is 0 Å². The van der Waals surface area contributed by atoms with Crippen LogP contribution in [0.3, 0.4) is 0 Å². The highest BCUT2D eigenvalue weighted by Gasteiger charge is 2.39. The molecule has 16 heteroatoms. The molecule has 1 aliphatic rings. The number of alkyl halides is 1. The van der Waals surface area contributed by atoms with Gasteiger partial charge in [0.2, 0.25) is 0 Å². The Hall–Kier alpha value is -5.44. The number of fused-ring (bicyclic) bond motifs is 4. The summed E-state index contributed by atoms with van der Waals surface area (Å²) < 4.78 is 27.3. The van der Waals surface area contributed by atoms with Crippen molar-refractivity contribution in [2.75, 3.05) is 38.6 Å². The minimum Gasteiger partial charge on any atom is -0.859 e. The molecule has 0 spiro atoms. The Kier molecular flexibility index (Phi) is 9.89. The van der Waals surface area contributed by atoms with Gasteiger partial charge in [-0.25, -0.2) is 19.8 Å². The fraction of sp³-hybridized carbons (Fsp3) is 0.400. The molecule has 3 heterocycles. The van der Waals surface area contributed by atoms with Crippen LogP contribution in [0.5, 0.6) is 11.5 Å². The van der Waals surface area contributed by atoms with Crippen molar-refractivity contribution in [3.8, 4) is 11.5 Å². The van der Waals surface area contributed by atoms with E-state index in [1.54, 1.807) is 52.0 Å². The van der Waals surface area contributed by atoms with Gasteiger partial charge in [0.1, 0.15) is 16.9 Å². The highest BCUT2D eigenvalue weighted by atomic mass is 35.5. The van der Waals surface area contributed by atoms with Crippen molar-refractivity contribution in [2.24, 2.45) is 5.10 Å². The summed E-state index contributed by atoms with van der Waals surface area (Å²) in [4.78, 5) is 58.6. The Labute approximate surface area is 298 Å². The van der Waals surface area contributed by atoms with Gasteiger partial charge in [0.25, 0.3) is 5.91 Å². The van der Waals surface area contributed by atoms with Gasteiger partial charge >= 0.3 is 18.2 Å². The number of benzene rings is 2. The van der Waals surface area contributed by atoms with Gasteiger partial charge in [0.15, 0.2) is 11.5 Å². The summed E-state index contributed by atoms with van der Waals surface area (Å²) in [5.74, 6) is -1.78. The third kappa shape index (κ3) is 6.98. The van der Waals surface area contributed by atoms with E-state index in [0.717, 1.165) is 4.90 Å². The maximum atomic E-state index is 14.1. The third-order valence-corrected chi connectivity index (χ3v) is 8.96. The molecule has 2 aromatic carbocycles. The van der Waals surface area contributed by atoms with Gasteiger partial charge in [-0.3, -0.25) is 4.79 Å². The number of aromatic amines is 1. The lowest BCUT2D eigenvalue weighted by Crippen LogP contribution is -2.56. The van der Waals surface area contributed by atoms with Crippen molar-refractivity contribution in [3.05, 3.63) is 52.9 Å². The zero-order chi connectivity index (χ0) is 37.6. The summed E-state index contributed by atoms with van der Waals surface area (Å²) in [6.07, 6.45) is -1.93. The number of carbonyl (C=O) groups is 4. The van der Waals surface area contributed by atoms with E-state index in [-0.39, 0.29) is 35.0 Å². The van der Waals surface area contributed by atoms with Crippen LogP contribution in [0.4, 0.5) is 15.3 Å². The number of H-pyrrole nitrogens is 1. The van der Waals surface area contributed by atoms with Crippen LogP contribution >= 0.6 is 11.6 Å². The molecule has 4 aromatic rings. The maximum absolute atomic E-state index is 14.1. The van der Waals surface area contributed by atoms with Gasteiger partial charge in [-0.15, -0.1) is 11.6 Å². The van der Waals surface area contributed by atoms with Crippen LogP contribution in [0.25, 0.3) is 21.9 Å². The quantitative estimate of drug-likeness (QED) is 0.0782. The second kappa shape index (κ2) is 13.7. The van der Waals surface area contributed by atoms with Gasteiger partial charge in [-0.1, -0.05) is 0 Å². The predicted molar refractivity (Wildman–Crippen MR) is 187 cm³/mol. The van der Waals surface area contributed by atoms with Gasteiger partial charge in [0, 0.05) is 53.8 Å². The van der Waals surface area contributed by atoms with Gasteiger partial charge in [-0.05, 0) is 71.4 Å². The van der Waals surface area contributed by atoms with E-state index in [4.69, 9.17) is 35.0 Å². The van der Waals surface area contributed by atoms with E-state index < -0.39 is 47.0 Å². The monoisotopic (exact) mass is 724 g/mol. The number of aryl methyl sites for hydroxylation is 1. The van der Waals surface area contributed by atoms with Crippen LogP contribution in [0.2, 0.25) is 0 Å². The molecular weight excluding hydrogens is 686 g/mol. The molecule has 0 saturated carbocycles. The van der Waals surface area contributed by atoms with Gasteiger partial charge < -0.3 is 43.3 Å². The lowest BCUT2D eigenvalue weighted by atomic mass is 9.95. The fourth-order valence-electron chi connectivity index (χ4n) is 5.74. The molecular formula is C35H39ClN5O10-. The van der Waals surface area contributed by atoms with Crippen molar-refractivity contribution in [3.63, 3.8) is 0 Å². The highest BCUT2D eigenvalue weighted by molar-refractivity contribution is 6.20. The number of nitrogens with zero attached hydrogens (tertiary/aromatic N) is 3. The topological polar surface area (TPSA) is 188 Å². The zero-order valence-electron chi connectivity index (χ0n) is 29.7. The fourth-order valence-corrected chi connectivity index (χ4v) is 5.99. The number of methoxy groups -OCH3 is 2. The summed E-state index contributed by atoms with van der Waals surface area (Å²) in [6, 6.07) is 8.25. The van der Waals surface area contributed by atoms with Crippen LogP contribution in [-0.4, -0.2) is 84.7 Å². The molecule has 2 N–H and O–H groups in total. The number of halogens is 1. The Balaban J connectivity index is 1.56. The first-order chi connectivity index (χ1) is 23.9. The molecule has 3 amide bonds. The minimum atomic E-state index is -1.61. The molecule has 272 valence electrons. The molecule has 0 unspecified atom stereocenters. The molecule has 0 aliphatic carbocycles. The molecule has 5 rings (SSSR count). The number of anilines is 1. The van der Waals surface area contributed by atoms with Crippen molar-refractivity contribution in [2.45, 2.75) is 58.6 Å². The molecule has 15 nitrogen and oxygen atoms in total. The Morgan fingerprint density at radius 2 is 1.84 bits per heavy atom. The number of furan rings is 1. The van der Waals surface area contributed by atoms with Crippen LogP contribution in [-0.2, 0) is 9.47 Å². The number of hydrogen-bond acceptors (Lipinski definition) is 11. The van der Waals surface area contributed by atoms with E-state index >= 15 is 0 Å². The molecule has 0 radical (unpaired) electrons.